The summed E-state index contributed by atoms with van der Waals surface area (Å²) in [5.41, 5.74) is 3.03. The minimum absolute atomic E-state index is 0.188. The number of rotatable bonds is 16. The number of hydrogen-bond donors (Lipinski definition) is 0. The monoisotopic (exact) mass is 528 g/mol. The lowest BCUT2D eigenvalue weighted by atomic mass is 9.82. The molecule has 0 aliphatic heterocycles. The second kappa shape index (κ2) is 16.5. The van der Waals surface area contributed by atoms with Crippen molar-refractivity contribution in [2.45, 2.75) is 122 Å². The Kier molecular flexibility index (Phi) is 13.1. The van der Waals surface area contributed by atoms with Gasteiger partial charge in [0.05, 0.1) is 6.61 Å². The van der Waals surface area contributed by atoms with Gasteiger partial charge in [-0.05, 0) is 73.3 Å². The van der Waals surface area contributed by atoms with Crippen LogP contribution in [0.5, 0.6) is 5.75 Å². The van der Waals surface area contributed by atoms with E-state index in [1.807, 2.05) is 25.1 Å². The van der Waals surface area contributed by atoms with Gasteiger partial charge in [-0.1, -0.05) is 95.5 Å². The quantitative estimate of drug-likeness (QED) is 0.161. The van der Waals surface area contributed by atoms with Gasteiger partial charge in [0, 0.05) is 0 Å². The zero-order chi connectivity index (χ0) is 27.2. The van der Waals surface area contributed by atoms with Crippen LogP contribution in [0.2, 0.25) is 0 Å². The molecule has 38 heavy (non-hydrogen) atoms. The van der Waals surface area contributed by atoms with Gasteiger partial charge < -0.3 is 9.47 Å². The molecule has 0 saturated heterocycles. The van der Waals surface area contributed by atoms with Gasteiger partial charge in [0.1, 0.15) is 6.10 Å². The third-order valence-corrected chi connectivity index (χ3v) is 7.68. The summed E-state index contributed by atoms with van der Waals surface area (Å²) in [6, 6.07) is 13.5. The Labute approximate surface area is 228 Å². The predicted molar refractivity (Wildman–Crippen MR) is 151 cm³/mol. The Morgan fingerprint density at radius 3 is 2.13 bits per heavy atom. The zero-order valence-corrected chi connectivity index (χ0v) is 23.4. The first-order chi connectivity index (χ1) is 18.5. The molecule has 0 aromatic heterocycles. The number of unbranched alkanes of at least 4 members (excludes halogenated alkanes) is 7. The van der Waals surface area contributed by atoms with Gasteiger partial charge in [-0.3, -0.25) is 0 Å². The van der Waals surface area contributed by atoms with Crippen molar-refractivity contribution in [3.63, 3.8) is 0 Å². The van der Waals surface area contributed by atoms with Gasteiger partial charge in [0.25, 0.3) is 0 Å². The van der Waals surface area contributed by atoms with E-state index in [0.29, 0.717) is 24.7 Å². The molecular weight excluding hydrogens is 482 g/mol. The van der Waals surface area contributed by atoms with Gasteiger partial charge in [-0.2, -0.15) is 0 Å². The average Bonchev–Trinajstić information content (AvgIpc) is 2.94. The van der Waals surface area contributed by atoms with Crippen LogP contribution in [-0.4, -0.2) is 24.9 Å². The normalized spacial score (nSPS) is 18.2. The van der Waals surface area contributed by atoms with Crippen molar-refractivity contribution in [3.05, 3.63) is 53.8 Å². The Hall–Kier alpha value is -2.43. The van der Waals surface area contributed by atoms with Crippen LogP contribution in [0.4, 0.5) is 8.78 Å². The molecule has 1 aliphatic rings. The number of alkyl halides is 1. The number of benzene rings is 2. The molecule has 0 spiro atoms. The molecule has 0 amide bonds. The van der Waals surface area contributed by atoms with E-state index in [-0.39, 0.29) is 18.3 Å². The Bertz CT molecular complexity index is 951. The van der Waals surface area contributed by atoms with Crippen LogP contribution in [0.3, 0.4) is 0 Å². The highest BCUT2D eigenvalue weighted by Gasteiger charge is 2.27. The van der Waals surface area contributed by atoms with E-state index in [1.165, 1.54) is 37.7 Å². The summed E-state index contributed by atoms with van der Waals surface area (Å²) in [6.07, 6.45) is 11.9. The van der Waals surface area contributed by atoms with Crippen LogP contribution in [-0.2, 0) is 9.53 Å². The maximum atomic E-state index is 14.7. The van der Waals surface area contributed by atoms with Crippen LogP contribution in [0.15, 0.2) is 42.5 Å². The van der Waals surface area contributed by atoms with E-state index in [9.17, 15) is 13.6 Å². The second-order valence-corrected chi connectivity index (χ2v) is 10.8. The molecule has 210 valence electrons. The highest BCUT2D eigenvalue weighted by molar-refractivity contribution is 5.74. The summed E-state index contributed by atoms with van der Waals surface area (Å²) in [6.45, 7) is 4.75. The molecule has 0 N–H and O–H groups in total. The van der Waals surface area contributed by atoms with E-state index in [2.05, 4.69) is 19.1 Å². The smallest absolute Gasteiger partial charge is 0.340 e. The summed E-state index contributed by atoms with van der Waals surface area (Å²) >= 11 is 0. The van der Waals surface area contributed by atoms with Crippen molar-refractivity contribution in [1.82, 2.24) is 0 Å². The standard InChI is InChI=1S/C33H46F2O3/c1-3-5-7-8-9-10-11-23-37-32-22-19-28(24-31(32)35)27-15-13-25(14-16-27)26-17-20-29(21-18-26)38-33(36)30(34)12-6-4-2/h13-16,19,22,24,26,29-30H,3-12,17-18,20-21,23H2,1-2H3/t26-,29-,30-/m0/s1. The van der Waals surface area contributed by atoms with E-state index < -0.39 is 12.1 Å². The van der Waals surface area contributed by atoms with Gasteiger partial charge >= 0.3 is 5.97 Å². The molecule has 1 atom stereocenters. The first-order valence-corrected chi connectivity index (χ1v) is 14.9. The Morgan fingerprint density at radius 2 is 1.47 bits per heavy atom. The Morgan fingerprint density at radius 1 is 0.842 bits per heavy atom. The van der Waals surface area contributed by atoms with Gasteiger partial charge in [-0.25, -0.2) is 13.6 Å². The van der Waals surface area contributed by atoms with Crippen LogP contribution in [0.25, 0.3) is 11.1 Å². The van der Waals surface area contributed by atoms with Crippen molar-refractivity contribution < 1.29 is 23.0 Å². The van der Waals surface area contributed by atoms with Gasteiger partial charge in [0.2, 0.25) is 0 Å². The molecule has 0 bridgehead atoms. The molecule has 0 radical (unpaired) electrons. The highest BCUT2D eigenvalue weighted by atomic mass is 19.1. The summed E-state index contributed by atoms with van der Waals surface area (Å²) in [5.74, 6) is -0.321. The SMILES string of the molecule is CCCCCCCCCOc1ccc(-c2ccc([C@H]3CC[C@H](OC(=O)[C@@H](F)CCCC)CC3)cc2)cc1F. The third kappa shape index (κ3) is 9.71. The lowest BCUT2D eigenvalue weighted by Crippen LogP contribution is -2.28. The molecule has 5 heteroatoms. The fourth-order valence-electron chi connectivity index (χ4n) is 5.24. The first-order valence-electron chi connectivity index (χ1n) is 14.9. The molecule has 1 aliphatic carbocycles. The Balaban J connectivity index is 1.43. The molecule has 1 fully saturated rings. The largest absolute Gasteiger partial charge is 0.491 e. The fraction of sp³-hybridized carbons (Fsp3) is 0.606. The van der Waals surface area contributed by atoms with E-state index in [1.54, 1.807) is 12.1 Å². The third-order valence-electron chi connectivity index (χ3n) is 7.68. The van der Waals surface area contributed by atoms with Crippen molar-refractivity contribution in [3.8, 4) is 16.9 Å². The number of ether oxygens (including phenoxy) is 2. The minimum atomic E-state index is -1.50. The lowest BCUT2D eigenvalue weighted by Gasteiger charge is -2.29. The van der Waals surface area contributed by atoms with Crippen LogP contribution >= 0.6 is 0 Å². The van der Waals surface area contributed by atoms with Crippen LogP contribution < -0.4 is 4.74 Å². The average molecular weight is 529 g/mol. The summed E-state index contributed by atoms with van der Waals surface area (Å²) in [7, 11) is 0. The second-order valence-electron chi connectivity index (χ2n) is 10.8. The molecule has 3 rings (SSSR count). The molecule has 0 unspecified atom stereocenters. The summed E-state index contributed by atoms with van der Waals surface area (Å²) in [4.78, 5) is 12.0. The maximum absolute atomic E-state index is 14.7. The number of carbonyl (C=O) groups is 1. The number of hydrogen-bond acceptors (Lipinski definition) is 3. The minimum Gasteiger partial charge on any atom is -0.491 e. The van der Waals surface area contributed by atoms with Gasteiger partial charge in [0.15, 0.2) is 17.7 Å². The van der Waals surface area contributed by atoms with Gasteiger partial charge in [-0.15, -0.1) is 0 Å². The molecule has 1 saturated carbocycles. The maximum Gasteiger partial charge on any atom is 0.340 e. The molecule has 2 aromatic rings. The zero-order valence-electron chi connectivity index (χ0n) is 23.4. The number of halogens is 2. The fourth-order valence-corrected chi connectivity index (χ4v) is 5.24. The van der Waals surface area contributed by atoms with Crippen molar-refractivity contribution >= 4 is 5.97 Å². The van der Waals surface area contributed by atoms with Crippen molar-refractivity contribution in [1.29, 1.82) is 0 Å². The van der Waals surface area contributed by atoms with Crippen LogP contribution in [0, 0.1) is 5.82 Å². The predicted octanol–water partition coefficient (Wildman–Crippen LogP) is 9.72. The van der Waals surface area contributed by atoms with E-state index in [0.717, 1.165) is 56.1 Å². The molecule has 0 heterocycles. The summed E-state index contributed by atoms with van der Waals surface area (Å²) < 4.78 is 39.7. The topological polar surface area (TPSA) is 35.5 Å². The summed E-state index contributed by atoms with van der Waals surface area (Å²) in [5, 5.41) is 0. The van der Waals surface area contributed by atoms with Crippen LogP contribution in [0.1, 0.15) is 115 Å². The van der Waals surface area contributed by atoms with Crippen molar-refractivity contribution in [2.75, 3.05) is 6.61 Å². The van der Waals surface area contributed by atoms with E-state index >= 15 is 0 Å². The van der Waals surface area contributed by atoms with E-state index in [4.69, 9.17) is 9.47 Å². The first kappa shape index (κ1) is 30.1. The molecule has 2 aromatic carbocycles. The molecular formula is C33H46F2O3. The molecule has 3 nitrogen and oxygen atoms in total. The number of carbonyl (C=O) groups excluding carboxylic acids is 1. The lowest BCUT2D eigenvalue weighted by molar-refractivity contribution is -0.157. The highest BCUT2D eigenvalue weighted by Crippen LogP contribution is 2.35. The van der Waals surface area contributed by atoms with Crippen molar-refractivity contribution in [2.24, 2.45) is 0 Å². The number of esters is 1.